The topological polar surface area (TPSA) is 86.8 Å². The number of imide groups is 1. The Balaban J connectivity index is 1.38. The third-order valence-electron chi connectivity index (χ3n) is 8.64. The molecule has 1 saturated carbocycles. The van der Waals surface area contributed by atoms with Crippen molar-refractivity contribution >= 4 is 39.6 Å². The SMILES string of the molecule is O=C(NC1CCCCC1)[C@H](Cc1ccccc1)N(Cc1ccc(Br)cc1)C(=O)CCN1C(=O)[C@H]2CC=CC[C@H]2C1=O. The van der Waals surface area contributed by atoms with Gasteiger partial charge in [-0.1, -0.05) is 89.8 Å². The number of allylic oxidation sites excluding steroid dienone is 2. The summed E-state index contributed by atoms with van der Waals surface area (Å²) in [5.41, 5.74) is 1.86. The zero-order valence-corrected chi connectivity index (χ0v) is 24.9. The Kier molecular flexibility index (Phi) is 9.70. The largest absolute Gasteiger partial charge is 0.352 e. The number of hydrogen-bond donors (Lipinski definition) is 1. The molecule has 0 unspecified atom stereocenters. The van der Waals surface area contributed by atoms with E-state index in [2.05, 4.69) is 21.2 Å². The molecule has 3 atom stereocenters. The number of likely N-dealkylation sites (tertiary alicyclic amines) is 1. The number of carbonyl (C=O) groups is 4. The van der Waals surface area contributed by atoms with E-state index in [-0.39, 0.29) is 61.0 Å². The minimum absolute atomic E-state index is 0.0249. The lowest BCUT2D eigenvalue weighted by atomic mass is 9.85. The Morgan fingerprint density at radius 2 is 1.51 bits per heavy atom. The molecule has 1 saturated heterocycles. The summed E-state index contributed by atoms with van der Waals surface area (Å²) >= 11 is 3.47. The number of nitrogens with zero attached hydrogens (tertiary/aromatic N) is 2. The Hall–Kier alpha value is -3.26. The van der Waals surface area contributed by atoms with Crippen molar-refractivity contribution in [3.05, 3.63) is 82.3 Å². The molecule has 0 bridgehead atoms. The number of fused-ring (bicyclic) bond motifs is 1. The number of rotatable bonds is 10. The molecule has 7 nitrogen and oxygen atoms in total. The summed E-state index contributed by atoms with van der Waals surface area (Å²) in [6.07, 6.45) is 10.6. The van der Waals surface area contributed by atoms with E-state index < -0.39 is 6.04 Å². The minimum atomic E-state index is -0.729. The molecule has 2 aromatic rings. The molecule has 1 aliphatic heterocycles. The smallest absolute Gasteiger partial charge is 0.243 e. The van der Waals surface area contributed by atoms with E-state index in [1.165, 1.54) is 11.3 Å². The minimum Gasteiger partial charge on any atom is -0.352 e. The lowest BCUT2D eigenvalue weighted by Gasteiger charge is -2.34. The molecular formula is C33H38BrN3O4. The summed E-state index contributed by atoms with van der Waals surface area (Å²) in [6, 6.07) is 16.8. The molecule has 1 N–H and O–H groups in total. The van der Waals surface area contributed by atoms with Crippen molar-refractivity contribution < 1.29 is 19.2 Å². The van der Waals surface area contributed by atoms with Crippen LogP contribution in [-0.2, 0) is 32.1 Å². The predicted molar refractivity (Wildman–Crippen MR) is 160 cm³/mol. The van der Waals surface area contributed by atoms with E-state index >= 15 is 0 Å². The highest BCUT2D eigenvalue weighted by atomic mass is 79.9. The highest BCUT2D eigenvalue weighted by Gasteiger charge is 2.47. The van der Waals surface area contributed by atoms with Gasteiger partial charge in [0.25, 0.3) is 0 Å². The molecule has 216 valence electrons. The number of carbonyl (C=O) groups excluding carboxylic acids is 4. The van der Waals surface area contributed by atoms with Crippen LogP contribution in [0.2, 0.25) is 0 Å². The lowest BCUT2D eigenvalue weighted by molar-refractivity contribution is -0.144. The maximum Gasteiger partial charge on any atom is 0.243 e. The molecular weight excluding hydrogens is 582 g/mol. The van der Waals surface area contributed by atoms with E-state index in [9.17, 15) is 19.2 Å². The summed E-state index contributed by atoms with van der Waals surface area (Å²) < 4.78 is 0.928. The average Bonchev–Trinajstić information content (AvgIpc) is 3.24. The van der Waals surface area contributed by atoms with Gasteiger partial charge in [0.05, 0.1) is 11.8 Å². The van der Waals surface area contributed by atoms with Crippen LogP contribution in [0.25, 0.3) is 0 Å². The monoisotopic (exact) mass is 619 g/mol. The fourth-order valence-electron chi connectivity index (χ4n) is 6.33. The quantitative estimate of drug-likeness (QED) is 0.293. The zero-order chi connectivity index (χ0) is 28.8. The molecule has 2 fully saturated rings. The van der Waals surface area contributed by atoms with Gasteiger partial charge in [-0.25, -0.2) is 0 Å². The first kappa shape index (κ1) is 29.2. The number of hydrogen-bond acceptors (Lipinski definition) is 4. The van der Waals surface area contributed by atoms with Crippen molar-refractivity contribution in [2.24, 2.45) is 11.8 Å². The molecule has 2 aromatic carbocycles. The van der Waals surface area contributed by atoms with E-state index in [1.807, 2.05) is 66.7 Å². The summed E-state index contributed by atoms with van der Waals surface area (Å²) in [7, 11) is 0. The van der Waals surface area contributed by atoms with Crippen molar-refractivity contribution in [1.29, 1.82) is 0 Å². The number of nitrogens with one attached hydrogen (secondary N) is 1. The van der Waals surface area contributed by atoms with Crippen LogP contribution >= 0.6 is 15.9 Å². The second-order valence-electron chi connectivity index (χ2n) is 11.4. The molecule has 2 aliphatic carbocycles. The molecule has 0 radical (unpaired) electrons. The number of amides is 4. The van der Waals surface area contributed by atoms with Crippen LogP contribution in [0.5, 0.6) is 0 Å². The molecule has 0 aromatic heterocycles. The maximum absolute atomic E-state index is 14.0. The zero-order valence-electron chi connectivity index (χ0n) is 23.3. The first-order valence-electron chi connectivity index (χ1n) is 14.8. The second-order valence-corrected chi connectivity index (χ2v) is 12.3. The van der Waals surface area contributed by atoms with Gasteiger partial charge in [0.15, 0.2) is 0 Å². The van der Waals surface area contributed by atoms with Gasteiger partial charge in [0.2, 0.25) is 23.6 Å². The van der Waals surface area contributed by atoms with Gasteiger partial charge in [-0.05, 0) is 48.9 Å². The lowest BCUT2D eigenvalue weighted by Crippen LogP contribution is -2.53. The van der Waals surface area contributed by atoms with E-state index in [0.717, 1.165) is 41.3 Å². The van der Waals surface area contributed by atoms with Gasteiger partial charge in [-0.2, -0.15) is 0 Å². The Bertz CT molecular complexity index is 1250. The highest BCUT2D eigenvalue weighted by molar-refractivity contribution is 9.10. The average molecular weight is 621 g/mol. The van der Waals surface area contributed by atoms with Crippen molar-refractivity contribution in [2.45, 2.75) is 76.4 Å². The van der Waals surface area contributed by atoms with Crippen LogP contribution in [0.1, 0.15) is 62.5 Å². The van der Waals surface area contributed by atoms with Crippen LogP contribution in [-0.4, -0.2) is 52.1 Å². The number of benzene rings is 2. The summed E-state index contributed by atoms with van der Waals surface area (Å²) in [6.45, 7) is 0.279. The first-order valence-corrected chi connectivity index (χ1v) is 15.6. The van der Waals surface area contributed by atoms with Crippen LogP contribution in [0.4, 0.5) is 0 Å². The fraction of sp³-hybridized carbons (Fsp3) is 0.455. The Morgan fingerprint density at radius 1 is 0.878 bits per heavy atom. The maximum atomic E-state index is 14.0. The second kappa shape index (κ2) is 13.6. The molecule has 1 heterocycles. The molecule has 4 amide bonds. The van der Waals surface area contributed by atoms with E-state index in [0.29, 0.717) is 19.3 Å². The third kappa shape index (κ3) is 7.15. The summed E-state index contributed by atoms with van der Waals surface area (Å²) in [5, 5.41) is 3.25. The van der Waals surface area contributed by atoms with Crippen molar-refractivity contribution in [3.8, 4) is 0 Å². The van der Waals surface area contributed by atoms with Crippen LogP contribution in [0.3, 0.4) is 0 Å². The normalized spacial score (nSPS) is 21.4. The van der Waals surface area contributed by atoms with Gasteiger partial charge >= 0.3 is 0 Å². The van der Waals surface area contributed by atoms with Crippen LogP contribution < -0.4 is 5.32 Å². The van der Waals surface area contributed by atoms with E-state index in [1.54, 1.807) is 4.90 Å². The van der Waals surface area contributed by atoms with Gasteiger partial charge in [0, 0.05) is 36.4 Å². The Labute approximate surface area is 250 Å². The summed E-state index contributed by atoms with van der Waals surface area (Å²) in [4.78, 5) is 56.9. The fourth-order valence-corrected chi connectivity index (χ4v) is 6.59. The predicted octanol–water partition coefficient (Wildman–Crippen LogP) is 5.18. The standard InChI is InChI=1S/C33H38BrN3O4/c34-25-17-15-24(16-18-25)22-37(30(38)19-20-36-32(40)27-13-7-8-14-28(27)33(36)41)29(21-23-9-3-1-4-10-23)31(39)35-26-11-5-2-6-12-26/h1,3-4,7-10,15-18,26-29H,2,5-6,11-14,19-22H2,(H,35,39)/t27-,28+,29-/m0/s1. The highest BCUT2D eigenvalue weighted by Crippen LogP contribution is 2.35. The van der Waals surface area contributed by atoms with Gasteiger partial charge in [-0.15, -0.1) is 0 Å². The number of halogens is 1. The van der Waals surface area contributed by atoms with Gasteiger partial charge in [-0.3, -0.25) is 24.1 Å². The third-order valence-corrected chi connectivity index (χ3v) is 9.17. The molecule has 3 aliphatic rings. The van der Waals surface area contributed by atoms with Crippen molar-refractivity contribution in [3.63, 3.8) is 0 Å². The molecule has 5 rings (SSSR count). The van der Waals surface area contributed by atoms with Crippen LogP contribution in [0, 0.1) is 11.8 Å². The van der Waals surface area contributed by atoms with Crippen LogP contribution in [0.15, 0.2) is 71.2 Å². The Morgan fingerprint density at radius 3 is 2.15 bits per heavy atom. The van der Waals surface area contributed by atoms with E-state index in [4.69, 9.17) is 0 Å². The van der Waals surface area contributed by atoms with Gasteiger partial charge in [0.1, 0.15) is 6.04 Å². The molecule has 41 heavy (non-hydrogen) atoms. The van der Waals surface area contributed by atoms with Crippen molar-refractivity contribution in [2.75, 3.05) is 6.54 Å². The first-order chi connectivity index (χ1) is 19.9. The van der Waals surface area contributed by atoms with Crippen molar-refractivity contribution in [1.82, 2.24) is 15.1 Å². The van der Waals surface area contributed by atoms with Gasteiger partial charge < -0.3 is 10.2 Å². The molecule has 0 spiro atoms. The summed E-state index contributed by atoms with van der Waals surface area (Å²) in [5.74, 6) is -1.43. The molecule has 8 heteroatoms.